The Morgan fingerprint density at radius 3 is 2.18 bits per heavy atom. The van der Waals surface area contributed by atoms with Crippen LogP contribution < -0.4 is 11.1 Å². The predicted molar refractivity (Wildman–Crippen MR) is 35.4 cm³/mol. The molecule has 0 radical (unpaired) electrons. The van der Waals surface area contributed by atoms with Crippen molar-refractivity contribution in [1.29, 1.82) is 0 Å². The fraction of sp³-hybridized carbons (Fsp3) is 0.750. The molecule has 0 aliphatic rings. The second-order valence-electron chi connectivity index (χ2n) is 1.54. The van der Waals surface area contributed by atoms with Gasteiger partial charge in [0.15, 0.2) is 0 Å². The van der Waals surface area contributed by atoms with Gasteiger partial charge in [-0.1, -0.05) is 0 Å². The molecular weight excluding hydrogens is 185 g/mol. The van der Waals surface area contributed by atoms with Gasteiger partial charge in [-0.05, 0) is 0 Å². The third-order valence-electron chi connectivity index (χ3n) is 0.687. The molecule has 0 saturated heterocycles. The average Bonchev–Trinajstić information content (AvgIpc) is 1.80. The molecule has 0 fully saturated rings. The molecule has 0 heterocycles. The molecule has 7 heteroatoms. The molecule has 0 spiro atoms. The zero-order valence-corrected chi connectivity index (χ0v) is 6.26. The van der Waals surface area contributed by atoms with E-state index in [1.54, 1.807) is 5.32 Å². The largest absolute Gasteiger partial charge is 0.471 e. The first-order valence-electron chi connectivity index (χ1n) is 2.53. The van der Waals surface area contributed by atoms with Crippen molar-refractivity contribution in [3.63, 3.8) is 0 Å². The summed E-state index contributed by atoms with van der Waals surface area (Å²) in [6.45, 7) is -0.153. The minimum absolute atomic E-state index is 0. The van der Waals surface area contributed by atoms with Crippen molar-refractivity contribution in [3.05, 3.63) is 0 Å². The monoisotopic (exact) mass is 192 g/mol. The van der Waals surface area contributed by atoms with Crippen molar-refractivity contribution in [3.8, 4) is 0 Å². The summed E-state index contributed by atoms with van der Waals surface area (Å²) in [5.41, 5.74) is 4.84. The molecule has 0 aromatic carbocycles. The zero-order chi connectivity index (χ0) is 8.20. The standard InChI is InChI=1S/C4H7F3N2O.ClH/c5-4(6,7)3(10)9-2-1-8;/h1-2,8H2,(H,9,10);1H. The maximum atomic E-state index is 11.3. The molecule has 0 rings (SSSR count). The average molecular weight is 193 g/mol. The van der Waals surface area contributed by atoms with Crippen LogP contribution in [0, 0.1) is 0 Å². The van der Waals surface area contributed by atoms with Gasteiger partial charge in [-0.2, -0.15) is 13.2 Å². The molecule has 3 nitrogen and oxygen atoms in total. The van der Waals surface area contributed by atoms with Gasteiger partial charge < -0.3 is 11.1 Å². The molecule has 68 valence electrons. The lowest BCUT2D eigenvalue weighted by Crippen LogP contribution is -2.39. The van der Waals surface area contributed by atoms with Gasteiger partial charge in [-0.3, -0.25) is 4.79 Å². The molecule has 0 aromatic rings. The number of carbonyl (C=O) groups excluding carboxylic acids is 1. The van der Waals surface area contributed by atoms with E-state index in [0.717, 1.165) is 0 Å². The number of nitrogens with two attached hydrogens (primary N) is 1. The van der Waals surface area contributed by atoms with Crippen LogP contribution in [0.4, 0.5) is 13.2 Å². The van der Waals surface area contributed by atoms with Crippen molar-refractivity contribution >= 4 is 18.3 Å². The van der Waals surface area contributed by atoms with E-state index in [-0.39, 0.29) is 25.5 Å². The van der Waals surface area contributed by atoms with Crippen LogP contribution in [0.15, 0.2) is 0 Å². The normalized spacial score (nSPS) is 10.2. The van der Waals surface area contributed by atoms with Crippen molar-refractivity contribution in [2.24, 2.45) is 5.73 Å². The van der Waals surface area contributed by atoms with E-state index in [2.05, 4.69) is 0 Å². The topological polar surface area (TPSA) is 55.1 Å². The summed E-state index contributed by atoms with van der Waals surface area (Å²) in [5, 5.41) is 1.58. The van der Waals surface area contributed by atoms with Gasteiger partial charge in [0.2, 0.25) is 0 Å². The summed E-state index contributed by atoms with van der Waals surface area (Å²) in [4.78, 5) is 9.93. The highest BCUT2D eigenvalue weighted by molar-refractivity contribution is 5.85. The lowest BCUT2D eigenvalue weighted by Gasteiger charge is -2.05. The Labute approximate surface area is 67.5 Å². The Bertz CT molecular complexity index is 127. The summed E-state index contributed by atoms with van der Waals surface area (Å²) in [7, 11) is 0. The Balaban J connectivity index is 0. The van der Waals surface area contributed by atoms with Crippen molar-refractivity contribution in [2.45, 2.75) is 6.18 Å². The van der Waals surface area contributed by atoms with Gasteiger partial charge >= 0.3 is 12.1 Å². The molecule has 0 aliphatic heterocycles. The highest BCUT2D eigenvalue weighted by atomic mass is 35.5. The van der Waals surface area contributed by atoms with Crippen LogP contribution in [0.1, 0.15) is 0 Å². The van der Waals surface area contributed by atoms with Crippen LogP contribution in [-0.2, 0) is 4.79 Å². The molecule has 0 bridgehead atoms. The van der Waals surface area contributed by atoms with Gasteiger partial charge in [-0.25, -0.2) is 0 Å². The first-order valence-corrected chi connectivity index (χ1v) is 2.53. The second-order valence-corrected chi connectivity index (χ2v) is 1.54. The van der Waals surface area contributed by atoms with Crippen LogP contribution in [0.5, 0.6) is 0 Å². The van der Waals surface area contributed by atoms with E-state index < -0.39 is 12.1 Å². The Morgan fingerprint density at radius 2 is 1.91 bits per heavy atom. The van der Waals surface area contributed by atoms with E-state index in [1.807, 2.05) is 0 Å². The van der Waals surface area contributed by atoms with Crippen LogP contribution >= 0.6 is 12.4 Å². The number of alkyl halides is 3. The quantitative estimate of drug-likeness (QED) is 0.650. The summed E-state index contributed by atoms with van der Waals surface area (Å²) < 4.78 is 34.0. The fourth-order valence-corrected chi connectivity index (χ4v) is 0.286. The summed E-state index contributed by atoms with van der Waals surface area (Å²) in [6.07, 6.45) is -4.80. The second kappa shape index (κ2) is 5.20. The summed E-state index contributed by atoms with van der Waals surface area (Å²) in [5.74, 6) is -1.95. The molecular formula is C4H8ClF3N2O. The van der Waals surface area contributed by atoms with Gasteiger partial charge in [0.1, 0.15) is 0 Å². The number of carbonyl (C=O) groups is 1. The summed E-state index contributed by atoms with van der Waals surface area (Å²) in [6, 6.07) is 0. The molecule has 0 aliphatic carbocycles. The van der Waals surface area contributed by atoms with Crippen LogP contribution in [0.2, 0.25) is 0 Å². The van der Waals surface area contributed by atoms with E-state index in [4.69, 9.17) is 5.73 Å². The molecule has 0 aromatic heterocycles. The number of halogens is 4. The maximum absolute atomic E-state index is 11.3. The third kappa shape index (κ3) is 5.93. The molecule has 0 atom stereocenters. The van der Waals surface area contributed by atoms with Crippen LogP contribution in [0.3, 0.4) is 0 Å². The molecule has 3 N–H and O–H groups in total. The summed E-state index contributed by atoms with van der Waals surface area (Å²) >= 11 is 0. The van der Waals surface area contributed by atoms with Crippen molar-refractivity contribution < 1.29 is 18.0 Å². The van der Waals surface area contributed by atoms with E-state index in [0.29, 0.717) is 0 Å². The minimum Gasteiger partial charge on any atom is -0.347 e. The van der Waals surface area contributed by atoms with Crippen LogP contribution in [0.25, 0.3) is 0 Å². The van der Waals surface area contributed by atoms with E-state index in [1.165, 1.54) is 0 Å². The molecule has 0 saturated carbocycles. The number of hydrogen-bond acceptors (Lipinski definition) is 2. The fourth-order valence-electron chi connectivity index (χ4n) is 0.286. The Kier molecular flexibility index (Phi) is 6.20. The first kappa shape index (κ1) is 13.1. The lowest BCUT2D eigenvalue weighted by molar-refractivity contribution is -0.173. The number of amides is 1. The van der Waals surface area contributed by atoms with Gasteiger partial charge in [-0.15, -0.1) is 12.4 Å². The SMILES string of the molecule is Cl.NCCNC(=O)C(F)(F)F. The molecule has 0 unspecified atom stereocenters. The van der Waals surface area contributed by atoms with Gasteiger partial charge in [0.05, 0.1) is 0 Å². The number of rotatable bonds is 2. The first-order chi connectivity index (χ1) is 4.48. The number of nitrogens with one attached hydrogen (secondary N) is 1. The number of hydrogen-bond donors (Lipinski definition) is 2. The Hall–Kier alpha value is -0.490. The Morgan fingerprint density at radius 1 is 1.45 bits per heavy atom. The van der Waals surface area contributed by atoms with Crippen LogP contribution in [-0.4, -0.2) is 25.2 Å². The lowest BCUT2D eigenvalue weighted by atomic mass is 10.5. The highest BCUT2D eigenvalue weighted by Crippen LogP contribution is 2.13. The predicted octanol–water partition coefficient (Wildman–Crippen LogP) is 0.0454. The van der Waals surface area contributed by atoms with Crippen molar-refractivity contribution in [1.82, 2.24) is 5.32 Å². The smallest absolute Gasteiger partial charge is 0.347 e. The van der Waals surface area contributed by atoms with Gasteiger partial charge in [0.25, 0.3) is 0 Å². The van der Waals surface area contributed by atoms with Crippen molar-refractivity contribution in [2.75, 3.05) is 13.1 Å². The highest BCUT2D eigenvalue weighted by Gasteiger charge is 2.37. The molecule has 11 heavy (non-hydrogen) atoms. The molecule has 1 amide bonds. The van der Waals surface area contributed by atoms with E-state index >= 15 is 0 Å². The van der Waals surface area contributed by atoms with E-state index in [9.17, 15) is 18.0 Å². The van der Waals surface area contributed by atoms with Gasteiger partial charge in [0, 0.05) is 13.1 Å². The third-order valence-corrected chi connectivity index (χ3v) is 0.687. The zero-order valence-electron chi connectivity index (χ0n) is 5.44. The minimum atomic E-state index is -4.80. The maximum Gasteiger partial charge on any atom is 0.471 e.